The molecule has 0 radical (unpaired) electrons. The molecular weight excluding hydrogens is 258 g/mol. The van der Waals surface area contributed by atoms with Gasteiger partial charge in [-0.2, -0.15) is 0 Å². The van der Waals surface area contributed by atoms with Crippen molar-refractivity contribution in [3.63, 3.8) is 0 Å². The maximum atomic E-state index is 11.8. The van der Waals surface area contributed by atoms with Crippen molar-refractivity contribution in [3.05, 3.63) is 35.7 Å². The van der Waals surface area contributed by atoms with E-state index in [9.17, 15) is 4.79 Å². The summed E-state index contributed by atoms with van der Waals surface area (Å²) in [5, 5.41) is 7.95. The van der Waals surface area contributed by atoms with Gasteiger partial charge < -0.3 is 4.74 Å². The fourth-order valence-corrected chi connectivity index (χ4v) is 1.85. The Morgan fingerprint density at radius 2 is 2.05 bits per heavy atom. The molecule has 0 amide bonds. The van der Waals surface area contributed by atoms with Gasteiger partial charge in [-0.1, -0.05) is 18.6 Å². The zero-order chi connectivity index (χ0) is 14.4. The van der Waals surface area contributed by atoms with Crippen molar-refractivity contribution >= 4 is 5.97 Å². The normalized spacial score (nSPS) is 10.5. The second-order valence-corrected chi connectivity index (χ2v) is 4.18. The van der Waals surface area contributed by atoms with Crippen molar-refractivity contribution in [1.29, 1.82) is 0 Å². The van der Waals surface area contributed by atoms with Crippen molar-refractivity contribution in [3.8, 4) is 0 Å². The quantitative estimate of drug-likeness (QED) is 0.738. The minimum absolute atomic E-state index is 0.282. The molecule has 0 aliphatic heterocycles. The topological polar surface area (TPSA) is 82.8 Å². The number of esters is 1. The molecule has 106 valence electrons. The first kappa shape index (κ1) is 14.1. The van der Waals surface area contributed by atoms with E-state index < -0.39 is 5.97 Å². The molecular formula is C13H17N5O2. The highest BCUT2D eigenvalue weighted by Crippen LogP contribution is 2.11. The Kier molecular flexibility index (Phi) is 4.75. The molecule has 0 aromatic carbocycles. The molecule has 0 unspecified atom stereocenters. The first-order valence-corrected chi connectivity index (χ1v) is 6.61. The van der Waals surface area contributed by atoms with Crippen LogP contribution < -0.4 is 0 Å². The van der Waals surface area contributed by atoms with Gasteiger partial charge in [0.25, 0.3) is 0 Å². The Bertz CT molecular complexity index is 567. The monoisotopic (exact) mass is 275 g/mol. The van der Waals surface area contributed by atoms with E-state index in [1.807, 2.05) is 6.92 Å². The van der Waals surface area contributed by atoms with Crippen LogP contribution in [-0.2, 0) is 17.7 Å². The predicted octanol–water partition coefficient (Wildman–Crippen LogP) is 1.25. The molecule has 2 aromatic heterocycles. The van der Waals surface area contributed by atoms with Crippen molar-refractivity contribution in [2.75, 3.05) is 6.61 Å². The zero-order valence-corrected chi connectivity index (χ0v) is 11.6. The molecule has 2 heterocycles. The van der Waals surface area contributed by atoms with Gasteiger partial charge >= 0.3 is 5.97 Å². The minimum atomic E-state index is -0.434. The third kappa shape index (κ3) is 3.17. The highest BCUT2D eigenvalue weighted by molar-refractivity contribution is 5.88. The summed E-state index contributed by atoms with van der Waals surface area (Å²) in [6.07, 6.45) is 4.93. The number of rotatable bonds is 6. The fraction of sp³-hybridized carbons (Fsp3) is 0.462. The van der Waals surface area contributed by atoms with Crippen molar-refractivity contribution in [1.82, 2.24) is 25.0 Å². The number of ether oxygens (including phenoxy) is 1. The summed E-state index contributed by atoms with van der Waals surface area (Å²) in [5.74, 6) is 0.196. The van der Waals surface area contributed by atoms with Gasteiger partial charge in [0.15, 0.2) is 5.69 Å². The van der Waals surface area contributed by atoms with E-state index in [0.29, 0.717) is 25.4 Å². The highest BCUT2D eigenvalue weighted by atomic mass is 16.5. The molecule has 7 nitrogen and oxygen atoms in total. The van der Waals surface area contributed by atoms with Gasteiger partial charge in [-0.05, 0) is 19.4 Å². The number of carbonyl (C=O) groups is 1. The summed E-state index contributed by atoms with van der Waals surface area (Å²) in [6, 6.07) is 1.75. The molecule has 0 saturated carbocycles. The summed E-state index contributed by atoms with van der Waals surface area (Å²) >= 11 is 0. The number of hydrogen-bond donors (Lipinski definition) is 0. The Hall–Kier alpha value is -2.31. The van der Waals surface area contributed by atoms with Gasteiger partial charge in [-0.25, -0.2) is 19.4 Å². The lowest BCUT2D eigenvalue weighted by Gasteiger charge is -2.06. The van der Waals surface area contributed by atoms with Crippen LogP contribution in [0.1, 0.15) is 42.3 Å². The summed E-state index contributed by atoms with van der Waals surface area (Å²) in [6.45, 7) is 4.51. The average molecular weight is 275 g/mol. The van der Waals surface area contributed by atoms with E-state index in [4.69, 9.17) is 4.74 Å². The largest absolute Gasteiger partial charge is 0.461 e. The first-order chi connectivity index (χ1) is 9.76. The SMILES string of the molecule is CCCc1c(C(=O)OCC)nnn1Cc1ncccn1. The summed E-state index contributed by atoms with van der Waals surface area (Å²) < 4.78 is 6.65. The van der Waals surface area contributed by atoms with Crippen LogP contribution in [-0.4, -0.2) is 37.5 Å². The number of carbonyl (C=O) groups excluding carboxylic acids is 1. The van der Waals surface area contributed by atoms with Crippen LogP contribution in [0.4, 0.5) is 0 Å². The van der Waals surface area contributed by atoms with E-state index >= 15 is 0 Å². The van der Waals surface area contributed by atoms with Crippen molar-refractivity contribution < 1.29 is 9.53 Å². The molecule has 2 aromatic rings. The number of nitrogens with zero attached hydrogens (tertiary/aromatic N) is 5. The number of hydrogen-bond acceptors (Lipinski definition) is 6. The molecule has 0 aliphatic rings. The van der Waals surface area contributed by atoms with Crippen molar-refractivity contribution in [2.45, 2.75) is 33.2 Å². The molecule has 0 fully saturated rings. The lowest BCUT2D eigenvalue weighted by molar-refractivity contribution is 0.0518. The van der Waals surface area contributed by atoms with Crippen molar-refractivity contribution in [2.24, 2.45) is 0 Å². The summed E-state index contributed by atoms with van der Waals surface area (Å²) in [4.78, 5) is 20.1. The molecule has 2 rings (SSSR count). The highest BCUT2D eigenvalue weighted by Gasteiger charge is 2.20. The Morgan fingerprint density at radius 3 is 2.70 bits per heavy atom. The van der Waals surface area contributed by atoms with Crippen LogP contribution in [0, 0.1) is 0 Å². The van der Waals surface area contributed by atoms with E-state index in [1.165, 1.54) is 0 Å². The lowest BCUT2D eigenvalue weighted by atomic mass is 10.2. The Balaban J connectivity index is 2.27. The molecule has 0 atom stereocenters. The molecule has 7 heteroatoms. The Labute approximate surface area is 117 Å². The molecule has 0 aliphatic carbocycles. The molecule has 0 saturated heterocycles. The van der Waals surface area contributed by atoms with Crippen LogP contribution in [0.15, 0.2) is 18.5 Å². The number of aromatic nitrogens is 5. The van der Waals surface area contributed by atoms with Crippen LogP contribution in [0.5, 0.6) is 0 Å². The van der Waals surface area contributed by atoms with E-state index in [1.54, 1.807) is 30.1 Å². The maximum absolute atomic E-state index is 11.8. The third-order valence-electron chi connectivity index (χ3n) is 2.70. The van der Waals surface area contributed by atoms with Crippen LogP contribution >= 0.6 is 0 Å². The van der Waals surface area contributed by atoms with Crippen LogP contribution in [0.2, 0.25) is 0 Å². The predicted molar refractivity (Wildman–Crippen MR) is 71.1 cm³/mol. The fourth-order valence-electron chi connectivity index (χ4n) is 1.85. The van der Waals surface area contributed by atoms with Gasteiger partial charge in [0.05, 0.1) is 12.3 Å². The van der Waals surface area contributed by atoms with Crippen LogP contribution in [0.3, 0.4) is 0 Å². The van der Waals surface area contributed by atoms with Gasteiger partial charge in [0.2, 0.25) is 0 Å². The third-order valence-corrected chi connectivity index (χ3v) is 2.70. The summed E-state index contributed by atoms with van der Waals surface area (Å²) in [7, 11) is 0. The van der Waals surface area contributed by atoms with E-state index in [2.05, 4.69) is 20.3 Å². The standard InChI is InChI=1S/C13H17N5O2/c1-3-6-10-12(13(19)20-4-2)16-17-18(10)9-11-14-7-5-8-15-11/h5,7-8H,3-4,6,9H2,1-2H3. The molecule has 0 bridgehead atoms. The maximum Gasteiger partial charge on any atom is 0.360 e. The molecule has 0 N–H and O–H groups in total. The first-order valence-electron chi connectivity index (χ1n) is 6.61. The van der Waals surface area contributed by atoms with E-state index in [0.717, 1.165) is 12.1 Å². The molecule has 20 heavy (non-hydrogen) atoms. The van der Waals surface area contributed by atoms with E-state index in [-0.39, 0.29) is 5.69 Å². The summed E-state index contributed by atoms with van der Waals surface area (Å²) in [5.41, 5.74) is 1.04. The van der Waals surface area contributed by atoms with Crippen LogP contribution in [0.25, 0.3) is 0 Å². The van der Waals surface area contributed by atoms with Gasteiger partial charge in [-0.3, -0.25) is 0 Å². The lowest BCUT2D eigenvalue weighted by Crippen LogP contribution is -2.12. The second-order valence-electron chi connectivity index (χ2n) is 4.18. The minimum Gasteiger partial charge on any atom is -0.461 e. The zero-order valence-electron chi connectivity index (χ0n) is 11.6. The average Bonchev–Trinajstić information content (AvgIpc) is 2.84. The second kappa shape index (κ2) is 6.74. The van der Waals surface area contributed by atoms with Gasteiger partial charge in [0.1, 0.15) is 12.4 Å². The smallest absolute Gasteiger partial charge is 0.360 e. The molecule has 0 spiro atoms. The van der Waals surface area contributed by atoms with Gasteiger partial charge in [-0.15, -0.1) is 5.10 Å². The van der Waals surface area contributed by atoms with Gasteiger partial charge in [0, 0.05) is 12.4 Å². The Morgan fingerprint density at radius 1 is 1.30 bits per heavy atom.